The van der Waals surface area contributed by atoms with Gasteiger partial charge < -0.3 is 19.5 Å². The molecule has 1 amide bonds. The first-order chi connectivity index (χ1) is 13.3. The van der Waals surface area contributed by atoms with Crippen LogP contribution in [0.15, 0.2) is 41.1 Å². The first-order valence-corrected chi connectivity index (χ1v) is 9.21. The summed E-state index contributed by atoms with van der Waals surface area (Å²) >= 11 is 0. The summed E-state index contributed by atoms with van der Waals surface area (Å²) in [6.45, 7) is 3.56. The Morgan fingerprint density at radius 3 is 2.96 bits per heavy atom. The number of aryl methyl sites for hydroxylation is 1. The standard InChI is InChI=1S/C19H23N5O3/c25-18(6-5-17-22-14-3-1-7-20-19(14)23-17)21-13-15(16-4-2-10-27-16)24-8-11-26-12-9-24/h1-4,7,10,15H,5-6,8-9,11-13H2,(H,21,25)(H,20,22,23)/t15-/m1/s1. The lowest BCUT2D eigenvalue weighted by molar-refractivity contribution is -0.121. The number of hydrogen-bond acceptors (Lipinski definition) is 6. The maximum absolute atomic E-state index is 12.3. The number of morpholine rings is 1. The molecule has 3 aromatic heterocycles. The fourth-order valence-electron chi connectivity index (χ4n) is 3.32. The number of carbonyl (C=O) groups excluding carboxylic acids is 1. The number of amides is 1. The van der Waals surface area contributed by atoms with Crippen molar-refractivity contribution in [1.29, 1.82) is 0 Å². The van der Waals surface area contributed by atoms with Crippen molar-refractivity contribution in [3.05, 3.63) is 48.3 Å². The predicted octanol–water partition coefficient (Wildman–Crippen LogP) is 1.67. The quantitative estimate of drug-likeness (QED) is 0.658. The van der Waals surface area contributed by atoms with E-state index in [-0.39, 0.29) is 11.9 Å². The lowest BCUT2D eigenvalue weighted by Crippen LogP contribution is -2.43. The molecule has 0 bridgehead atoms. The average Bonchev–Trinajstić information content (AvgIpc) is 3.37. The molecule has 4 heterocycles. The van der Waals surface area contributed by atoms with Crippen LogP contribution in [-0.4, -0.2) is 58.6 Å². The van der Waals surface area contributed by atoms with Gasteiger partial charge in [-0.2, -0.15) is 0 Å². The average molecular weight is 369 g/mol. The Labute approximate surface area is 156 Å². The van der Waals surface area contributed by atoms with E-state index in [1.165, 1.54) is 0 Å². The van der Waals surface area contributed by atoms with E-state index >= 15 is 0 Å². The minimum Gasteiger partial charge on any atom is -0.468 e. The van der Waals surface area contributed by atoms with E-state index < -0.39 is 0 Å². The van der Waals surface area contributed by atoms with E-state index in [4.69, 9.17) is 9.15 Å². The molecule has 0 unspecified atom stereocenters. The second-order valence-electron chi connectivity index (χ2n) is 6.54. The number of pyridine rings is 1. The van der Waals surface area contributed by atoms with Crippen LogP contribution < -0.4 is 5.32 Å². The number of nitrogens with zero attached hydrogens (tertiary/aromatic N) is 3. The third-order valence-corrected chi connectivity index (χ3v) is 4.75. The summed E-state index contributed by atoms with van der Waals surface area (Å²) in [4.78, 5) is 26.4. The van der Waals surface area contributed by atoms with Crippen LogP contribution in [-0.2, 0) is 16.0 Å². The first-order valence-electron chi connectivity index (χ1n) is 9.21. The van der Waals surface area contributed by atoms with E-state index in [2.05, 4.69) is 25.2 Å². The molecule has 0 spiro atoms. The monoisotopic (exact) mass is 369 g/mol. The Kier molecular flexibility index (Phi) is 5.45. The normalized spacial score (nSPS) is 16.4. The van der Waals surface area contributed by atoms with Crippen LogP contribution in [0.3, 0.4) is 0 Å². The molecule has 2 N–H and O–H groups in total. The second kappa shape index (κ2) is 8.32. The summed E-state index contributed by atoms with van der Waals surface area (Å²) in [6, 6.07) is 7.63. The SMILES string of the molecule is O=C(CCc1nc2ncccc2[nH]1)NC[C@H](c1ccco1)N1CCOCC1. The maximum atomic E-state index is 12.3. The van der Waals surface area contributed by atoms with Gasteiger partial charge in [0.05, 0.1) is 31.0 Å². The van der Waals surface area contributed by atoms with Crippen molar-refractivity contribution in [2.45, 2.75) is 18.9 Å². The van der Waals surface area contributed by atoms with Gasteiger partial charge in [-0.25, -0.2) is 9.97 Å². The summed E-state index contributed by atoms with van der Waals surface area (Å²) in [5, 5.41) is 3.03. The van der Waals surface area contributed by atoms with Crippen LogP contribution in [0.1, 0.15) is 24.0 Å². The molecule has 0 radical (unpaired) electrons. The Morgan fingerprint density at radius 1 is 1.30 bits per heavy atom. The van der Waals surface area contributed by atoms with Crippen molar-refractivity contribution in [2.24, 2.45) is 0 Å². The zero-order valence-corrected chi connectivity index (χ0v) is 15.1. The molecule has 8 heteroatoms. The molecular weight excluding hydrogens is 346 g/mol. The van der Waals surface area contributed by atoms with Crippen LogP contribution in [0.4, 0.5) is 0 Å². The number of fused-ring (bicyclic) bond motifs is 1. The number of nitrogens with one attached hydrogen (secondary N) is 2. The highest BCUT2D eigenvalue weighted by Gasteiger charge is 2.25. The lowest BCUT2D eigenvalue weighted by atomic mass is 10.1. The molecule has 1 atom stereocenters. The van der Waals surface area contributed by atoms with Crippen molar-refractivity contribution in [3.8, 4) is 0 Å². The number of furan rings is 1. The van der Waals surface area contributed by atoms with Gasteiger partial charge in [0.15, 0.2) is 5.65 Å². The molecule has 1 saturated heterocycles. The maximum Gasteiger partial charge on any atom is 0.220 e. The van der Waals surface area contributed by atoms with Gasteiger partial charge in [-0.1, -0.05) is 0 Å². The van der Waals surface area contributed by atoms with Crippen LogP contribution in [0.5, 0.6) is 0 Å². The molecule has 0 saturated carbocycles. The van der Waals surface area contributed by atoms with Gasteiger partial charge in [0.1, 0.15) is 11.6 Å². The largest absolute Gasteiger partial charge is 0.468 e. The molecule has 1 aliphatic rings. The number of imidazole rings is 1. The van der Waals surface area contributed by atoms with Crippen molar-refractivity contribution in [1.82, 2.24) is 25.2 Å². The summed E-state index contributed by atoms with van der Waals surface area (Å²) in [7, 11) is 0. The number of carbonyl (C=O) groups is 1. The van der Waals surface area contributed by atoms with Gasteiger partial charge in [0, 0.05) is 38.7 Å². The minimum atomic E-state index is -0.00627. The number of H-pyrrole nitrogens is 1. The molecule has 1 aliphatic heterocycles. The molecule has 1 fully saturated rings. The van der Waals surface area contributed by atoms with E-state index in [0.29, 0.717) is 38.2 Å². The summed E-state index contributed by atoms with van der Waals surface area (Å²) in [5.41, 5.74) is 1.57. The van der Waals surface area contributed by atoms with Gasteiger partial charge in [-0.15, -0.1) is 0 Å². The molecule has 8 nitrogen and oxygen atoms in total. The van der Waals surface area contributed by atoms with Crippen LogP contribution in [0.25, 0.3) is 11.2 Å². The molecule has 27 heavy (non-hydrogen) atoms. The smallest absolute Gasteiger partial charge is 0.220 e. The fourth-order valence-corrected chi connectivity index (χ4v) is 3.32. The van der Waals surface area contributed by atoms with E-state index in [9.17, 15) is 4.79 Å². The van der Waals surface area contributed by atoms with Crippen LogP contribution in [0.2, 0.25) is 0 Å². The van der Waals surface area contributed by atoms with Gasteiger partial charge in [-0.05, 0) is 24.3 Å². The Morgan fingerprint density at radius 2 is 2.19 bits per heavy atom. The van der Waals surface area contributed by atoms with E-state index in [1.54, 1.807) is 12.5 Å². The van der Waals surface area contributed by atoms with Gasteiger partial charge in [0.25, 0.3) is 0 Å². The number of ether oxygens (including phenoxy) is 1. The van der Waals surface area contributed by atoms with Crippen molar-refractivity contribution in [3.63, 3.8) is 0 Å². The lowest BCUT2D eigenvalue weighted by Gasteiger charge is -2.33. The number of aromatic amines is 1. The van der Waals surface area contributed by atoms with E-state index in [1.807, 2.05) is 24.3 Å². The summed E-state index contributed by atoms with van der Waals surface area (Å²) in [5.74, 6) is 1.63. The highest BCUT2D eigenvalue weighted by atomic mass is 16.5. The van der Waals surface area contributed by atoms with Crippen molar-refractivity contribution in [2.75, 3.05) is 32.8 Å². The highest BCUT2D eigenvalue weighted by molar-refractivity contribution is 5.76. The first kappa shape index (κ1) is 17.7. The van der Waals surface area contributed by atoms with Crippen LogP contribution in [0, 0.1) is 0 Å². The summed E-state index contributed by atoms with van der Waals surface area (Å²) in [6.07, 6.45) is 4.29. The molecule has 0 aliphatic carbocycles. The van der Waals surface area contributed by atoms with Gasteiger partial charge in [0.2, 0.25) is 5.91 Å². The zero-order chi connectivity index (χ0) is 18.5. The van der Waals surface area contributed by atoms with Gasteiger partial charge >= 0.3 is 0 Å². The predicted molar refractivity (Wildman–Crippen MR) is 99.1 cm³/mol. The topological polar surface area (TPSA) is 96.3 Å². The molecule has 142 valence electrons. The van der Waals surface area contributed by atoms with Crippen molar-refractivity contribution >= 4 is 17.1 Å². The Bertz CT molecular complexity index is 837. The molecule has 3 aromatic rings. The Hall–Kier alpha value is -2.71. The molecular formula is C19H23N5O3. The fraction of sp³-hybridized carbons (Fsp3) is 0.421. The highest BCUT2D eigenvalue weighted by Crippen LogP contribution is 2.21. The van der Waals surface area contributed by atoms with Crippen LogP contribution >= 0.6 is 0 Å². The molecule has 4 rings (SSSR count). The van der Waals surface area contributed by atoms with Gasteiger partial charge in [-0.3, -0.25) is 9.69 Å². The molecule has 0 aromatic carbocycles. The number of aromatic nitrogens is 3. The second-order valence-corrected chi connectivity index (χ2v) is 6.54. The minimum absolute atomic E-state index is 0.00627. The summed E-state index contributed by atoms with van der Waals surface area (Å²) < 4.78 is 11.0. The number of rotatable bonds is 7. The van der Waals surface area contributed by atoms with E-state index in [0.717, 1.165) is 30.2 Å². The number of hydrogen-bond donors (Lipinski definition) is 2. The third kappa shape index (κ3) is 4.35. The van der Waals surface area contributed by atoms with Crippen molar-refractivity contribution < 1.29 is 13.9 Å². The zero-order valence-electron chi connectivity index (χ0n) is 15.1. The Balaban J connectivity index is 1.32. The third-order valence-electron chi connectivity index (χ3n) is 4.75.